The molecule has 0 bridgehead atoms. The summed E-state index contributed by atoms with van der Waals surface area (Å²) in [4.78, 5) is 11.8. The zero-order valence-corrected chi connectivity index (χ0v) is 13.9. The van der Waals surface area contributed by atoms with E-state index >= 15 is 0 Å². The number of hydrogen-bond acceptors (Lipinski definition) is 2. The van der Waals surface area contributed by atoms with Gasteiger partial charge in [0.15, 0.2) is 11.6 Å². The number of halogens is 3. The fourth-order valence-corrected chi connectivity index (χ4v) is 2.31. The molecule has 7 heteroatoms. The Labute approximate surface area is 141 Å². The second kappa shape index (κ2) is 7.92. The monoisotopic (exact) mass is 384 g/mol. The number of nitrogens with one attached hydrogen (secondary N) is 2. The van der Waals surface area contributed by atoms with Gasteiger partial charge in [0.05, 0.1) is 6.54 Å². The first kappa shape index (κ1) is 17.2. The van der Waals surface area contributed by atoms with Crippen molar-refractivity contribution in [2.75, 3.05) is 18.5 Å². The summed E-state index contributed by atoms with van der Waals surface area (Å²) in [5.41, 5.74) is 1.62. The molecule has 2 rings (SSSR count). The number of carbonyl (C=O) groups is 1. The SMILES string of the molecule is Cc1cc(Br)ccc1NC(=O)NCCOc1ccc(F)c(F)c1. The van der Waals surface area contributed by atoms with E-state index < -0.39 is 11.6 Å². The van der Waals surface area contributed by atoms with Gasteiger partial charge in [-0.2, -0.15) is 0 Å². The molecule has 0 saturated carbocycles. The number of aryl methyl sites for hydroxylation is 1. The molecular formula is C16H15BrF2N2O2. The van der Waals surface area contributed by atoms with Crippen LogP contribution in [0.3, 0.4) is 0 Å². The molecule has 2 N–H and O–H groups in total. The normalized spacial score (nSPS) is 10.3. The smallest absolute Gasteiger partial charge is 0.319 e. The highest BCUT2D eigenvalue weighted by molar-refractivity contribution is 9.10. The van der Waals surface area contributed by atoms with Crippen molar-refractivity contribution in [2.45, 2.75) is 6.92 Å². The third kappa shape index (κ3) is 5.21. The lowest BCUT2D eigenvalue weighted by Crippen LogP contribution is -2.32. The van der Waals surface area contributed by atoms with Gasteiger partial charge in [-0.1, -0.05) is 15.9 Å². The van der Waals surface area contributed by atoms with Crippen molar-refractivity contribution in [3.05, 3.63) is 58.1 Å². The lowest BCUT2D eigenvalue weighted by molar-refractivity contribution is 0.247. The van der Waals surface area contributed by atoms with E-state index in [4.69, 9.17) is 4.74 Å². The Morgan fingerprint density at radius 2 is 1.96 bits per heavy atom. The van der Waals surface area contributed by atoms with E-state index in [9.17, 15) is 13.6 Å². The van der Waals surface area contributed by atoms with Gasteiger partial charge < -0.3 is 15.4 Å². The fraction of sp³-hybridized carbons (Fsp3) is 0.188. The van der Waals surface area contributed by atoms with E-state index in [0.29, 0.717) is 5.69 Å². The number of urea groups is 1. The summed E-state index contributed by atoms with van der Waals surface area (Å²) >= 11 is 3.35. The third-order valence-electron chi connectivity index (χ3n) is 2.98. The molecule has 0 aliphatic carbocycles. The summed E-state index contributed by atoms with van der Waals surface area (Å²) in [5.74, 6) is -1.70. The maximum absolute atomic E-state index is 13.0. The molecule has 2 aromatic rings. The molecule has 0 aliphatic heterocycles. The Bertz CT molecular complexity index is 710. The molecule has 122 valence electrons. The van der Waals surface area contributed by atoms with Gasteiger partial charge in [-0.15, -0.1) is 0 Å². The molecule has 23 heavy (non-hydrogen) atoms. The molecule has 2 aromatic carbocycles. The average Bonchev–Trinajstić information content (AvgIpc) is 2.50. The average molecular weight is 385 g/mol. The van der Waals surface area contributed by atoms with Crippen molar-refractivity contribution in [3.8, 4) is 5.75 Å². The molecule has 0 radical (unpaired) electrons. The Kier molecular flexibility index (Phi) is 5.92. The van der Waals surface area contributed by atoms with Crippen molar-refractivity contribution in [1.82, 2.24) is 5.32 Å². The number of benzene rings is 2. The first-order chi connectivity index (χ1) is 11.0. The number of ether oxygens (including phenoxy) is 1. The maximum atomic E-state index is 13.0. The van der Waals surface area contributed by atoms with Crippen molar-refractivity contribution < 1.29 is 18.3 Å². The maximum Gasteiger partial charge on any atom is 0.319 e. The highest BCUT2D eigenvalue weighted by Crippen LogP contribution is 2.19. The Balaban J connectivity index is 1.75. The molecule has 0 unspecified atom stereocenters. The van der Waals surface area contributed by atoms with E-state index in [1.807, 2.05) is 19.1 Å². The molecule has 0 saturated heterocycles. The van der Waals surface area contributed by atoms with Gasteiger partial charge in [0, 0.05) is 16.2 Å². The van der Waals surface area contributed by atoms with Crippen molar-refractivity contribution in [2.24, 2.45) is 0 Å². The molecule has 2 amide bonds. The van der Waals surface area contributed by atoms with Crippen LogP contribution in [0.15, 0.2) is 40.9 Å². The standard InChI is InChI=1S/C16H15BrF2N2O2/c1-10-8-11(17)2-5-15(10)21-16(22)20-6-7-23-12-3-4-13(18)14(19)9-12/h2-5,8-9H,6-7H2,1H3,(H2,20,21,22). The number of anilines is 1. The van der Waals surface area contributed by atoms with Crippen LogP contribution in [0.5, 0.6) is 5.75 Å². The molecular weight excluding hydrogens is 370 g/mol. The topological polar surface area (TPSA) is 50.4 Å². The van der Waals surface area contributed by atoms with Crippen LogP contribution in [-0.2, 0) is 0 Å². The molecule has 0 heterocycles. The van der Waals surface area contributed by atoms with E-state index in [1.165, 1.54) is 6.07 Å². The van der Waals surface area contributed by atoms with E-state index in [2.05, 4.69) is 26.6 Å². The summed E-state index contributed by atoms with van der Waals surface area (Å²) in [5, 5.41) is 5.33. The molecule has 0 aliphatic rings. The zero-order valence-electron chi connectivity index (χ0n) is 12.3. The van der Waals surface area contributed by atoms with Gasteiger partial charge in [0.2, 0.25) is 0 Å². The van der Waals surface area contributed by atoms with Gasteiger partial charge in [0.1, 0.15) is 12.4 Å². The second-order valence-electron chi connectivity index (χ2n) is 4.76. The van der Waals surface area contributed by atoms with E-state index in [1.54, 1.807) is 6.07 Å². The molecule has 0 spiro atoms. The first-order valence-corrected chi connectivity index (χ1v) is 7.64. The van der Waals surface area contributed by atoms with E-state index in [-0.39, 0.29) is 24.9 Å². The number of amides is 2. The number of hydrogen-bond donors (Lipinski definition) is 2. The number of rotatable bonds is 5. The van der Waals surface area contributed by atoms with Crippen LogP contribution < -0.4 is 15.4 Å². The summed E-state index contributed by atoms with van der Waals surface area (Å²) in [6.45, 7) is 2.24. The minimum absolute atomic E-state index is 0.137. The van der Waals surface area contributed by atoms with Crippen LogP contribution in [-0.4, -0.2) is 19.2 Å². The molecule has 0 atom stereocenters. The van der Waals surface area contributed by atoms with E-state index in [0.717, 1.165) is 22.2 Å². The summed E-state index contributed by atoms with van der Waals surface area (Å²) in [7, 11) is 0. The Morgan fingerprint density at radius 1 is 1.17 bits per heavy atom. The van der Waals surface area contributed by atoms with Gasteiger partial charge in [0.25, 0.3) is 0 Å². The van der Waals surface area contributed by atoms with Crippen molar-refractivity contribution >= 4 is 27.6 Å². The zero-order chi connectivity index (χ0) is 16.8. The van der Waals surface area contributed by atoms with Crippen molar-refractivity contribution in [3.63, 3.8) is 0 Å². The van der Waals surface area contributed by atoms with Crippen LogP contribution in [0, 0.1) is 18.6 Å². The van der Waals surface area contributed by atoms with Crippen LogP contribution >= 0.6 is 15.9 Å². The van der Waals surface area contributed by atoms with Gasteiger partial charge in [-0.25, -0.2) is 13.6 Å². The molecule has 0 aromatic heterocycles. The largest absolute Gasteiger partial charge is 0.492 e. The predicted molar refractivity (Wildman–Crippen MR) is 87.8 cm³/mol. The van der Waals surface area contributed by atoms with Crippen molar-refractivity contribution in [1.29, 1.82) is 0 Å². The van der Waals surface area contributed by atoms with Gasteiger partial charge in [-0.05, 0) is 42.8 Å². The first-order valence-electron chi connectivity index (χ1n) is 6.84. The predicted octanol–water partition coefficient (Wildman–Crippen LogP) is 4.24. The third-order valence-corrected chi connectivity index (χ3v) is 3.48. The highest BCUT2D eigenvalue weighted by atomic mass is 79.9. The van der Waals surface area contributed by atoms with Crippen LogP contribution in [0.2, 0.25) is 0 Å². The molecule has 4 nitrogen and oxygen atoms in total. The quantitative estimate of drug-likeness (QED) is 0.757. The number of carbonyl (C=O) groups excluding carboxylic acids is 1. The van der Waals surface area contributed by atoms with Crippen LogP contribution in [0.1, 0.15) is 5.56 Å². The van der Waals surface area contributed by atoms with Gasteiger partial charge in [-0.3, -0.25) is 0 Å². The molecule has 0 fully saturated rings. The van der Waals surface area contributed by atoms with Crippen LogP contribution in [0.25, 0.3) is 0 Å². The Hall–Kier alpha value is -2.15. The second-order valence-corrected chi connectivity index (χ2v) is 5.68. The summed E-state index contributed by atoms with van der Waals surface area (Å²) in [6.07, 6.45) is 0. The van der Waals surface area contributed by atoms with Crippen LogP contribution in [0.4, 0.5) is 19.3 Å². The lowest BCUT2D eigenvalue weighted by atomic mass is 10.2. The Morgan fingerprint density at radius 3 is 2.65 bits per heavy atom. The highest BCUT2D eigenvalue weighted by Gasteiger charge is 2.05. The summed E-state index contributed by atoms with van der Waals surface area (Å²) in [6, 6.07) is 8.41. The fourth-order valence-electron chi connectivity index (χ4n) is 1.83. The minimum Gasteiger partial charge on any atom is -0.492 e. The minimum atomic E-state index is -0.973. The lowest BCUT2D eigenvalue weighted by Gasteiger charge is -2.11. The van der Waals surface area contributed by atoms with Gasteiger partial charge >= 0.3 is 6.03 Å². The summed E-state index contributed by atoms with van der Waals surface area (Å²) < 4.78 is 31.9.